The zero-order valence-corrected chi connectivity index (χ0v) is 14.8. The number of amides is 1. The first kappa shape index (κ1) is 18.3. The number of benzene rings is 1. The Bertz CT molecular complexity index is 759. The molecule has 8 heteroatoms. The minimum absolute atomic E-state index is 0.109. The minimum Gasteiger partial charge on any atom is -0.340 e. The quantitative estimate of drug-likeness (QED) is 0.776. The van der Waals surface area contributed by atoms with Crippen LogP contribution in [0, 0.1) is 5.82 Å². The third-order valence-electron chi connectivity index (χ3n) is 3.49. The van der Waals surface area contributed by atoms with E-state index in [1.807, 2.05) is 6.92 Å². The van der Waals surface area contributed by atoms with E-state index >= 15 is 0 Å². The van der Waals surface area contributed by atoms with Crippen LogP contribution in [0.15, 0.2) is 34.2 Å². The standard InChI is InChI=1S/C16H21FN4O2S/c1-4-8-21-15(23)18-19-16(21)24-11(2)14(22)20(3)10-12-6-5-7-13(17)9-12/h5-7,9,11H,4,8,10H2,1-3H3,(H,18,23)/t11-/m1/s1. The van der Waals surface area contributed by atoms with E-state index in [2.05, 4.69) is 10.2 Å². The zero-order valence-electron chi connectivity index (χ0n) is 14.0. The minimum atomic E-state index is -0.408. The van der Waals surface area contributed by atoms with Gasteiger partial charge in [0.2, 0.25) is 5.91 Å². The molecule has 0 spiro atoms. The van der Waals surface area contributed by atoms with Crippen molar-refractivity contribution >= 4 is 17.7 Å². The van der Waals surface area contributed by atoms with Crippen molar-refractivity contribution in [3.63, 3.8) is 0 Å². The van der Waals surface area contributed by atoms with Gasteiger partial charge in [0.25, 0.3) is 0 Å². The lowest BCUT2D eigenvalue weighted by atomic mass is 10.2. The Kier molecular flexibility index (Phi) is 6.19. The van der Waals surface area contributed by atoms with Gasteiger partial charge in [-0.1, -0.05) is 30.8 Å². The van der Waals surface area contributed by atoms with Crippen molar-refractivity contribution in [3.8, 4) is 0 Å². The summed E-state index contributed by atoms with van der Waals surface area (Å²) in [5.74, 6) is -0.432. The Labute approximate surface area is 144 Å². The molecule has 1 heterocycles. The van der Waals surface area contributed by atoms with E-state index in [0.717, 1.165) is 12.0 Å². The second kappa shape index (κ2) is 8.14. The van der Waals surface area contributed by atoms with Crippen LogP contribution < -0.4 is 5.69 Å². The molecule has 0 bridgehead atoms. The molecule has 1 amide bonds. The molecule has 6 nitrogen and oxygen atoms in total. The number of thioether (sulfide) groups is 1. The van der Waals surface area contributed by atoms with Gasteiger partial charge in [-0.2, -0.15) is 0 Å². The third-order valence-corrected chi connectivity index (χ3v) is 4.56. The average molecular weight is 352 g/mol. The highest BCUT2D eigenvalue weighted by molar-refractivity contribution is 8.00. The van der Waals surface area contributed by atoms with Crippen LogP contribution >= 0.6 is 11.8 Å². The van der Waals surface area contributed by atoms with Crippen LogP contribution in [0.1, 0.15) is 25.8 Å². The van der Waals surface area contributed by atoms with Crippen LogP contribution in [-0.2, 0) is 17.9 Å². The molecule has 1 atom stereocenters. The molecule has 0 aliphatic carbocycles. The maximum Gasteiger partial charge on any atom is 0.343 e. The van der Waals surface area contributed by atoms with Crippen LogP contribution in [0.3, 0.4) is 0 Å². The number of carbonyl (C=O) groups is 1. The van der Waals surface area contributed by atoms with Crippen molar-refractivity contribution < 1.29 is 9.18 Å². The second-order valence-corrected chi connectivity index (χ2v) is 6.86. The van der Waals surface area contributed by atoms with Gasteiger partial charge in [0.15, 0.2) is 5.16 Å². The number of aromatic amines is 1. The van der Waals surface area contributed by atoms with Crippen LogP contribution in [0.4, 0.5) is 4.39 Å². The van der Waals surface area contributed by atoms with Gasteiger partial charge in [0.05, 0.1) is 5.25 Å². The average Bonchev–Trinajstić information content (AvgIpc) is 2.87. The molecule has 0 aliphatic heterocycles. The molecule has 0 unspecified atom stereocenters. The molecule has 24 heavy (non-hydrogen) atoms. The highest BCUT2D eigenvalue weighted by atomic mass is 32.2. The molecule has 0 radical (unpaired) electrons. The largest absolute Gasteiger partial charge is 0.343 e. The molecule has 1 aromatic carbocycles. The summed E-state index contributed by atoms with van der Waals surface area (Å²) >= 11 is 1.24. The fourth-order valence-electron chi connectivity index (χ4n) is 2.32. The Morgan fingerprint density at radius 1 is 1.50 bits per heavy atom. The number of aromatic nitrogens is 3. The van der Waals surface area contributed by atoms with E-state index in [-0.39, 0.29) is 17.4 Å². The van der Waals surface area contributed by atoms with E-state index in [0.29, 0.717) is 18.2 Å². The van der Waals surface area contributed by atoms with E-state index < -0.39 is 5.25 Å². The number of rotatable bonds is 7. The molecule has 2 rings (SSSR count). The lowest BCUT2D eigenvalue weighted by Gasteiger charge is -2.21. The molecular formula is C16H21FN4O2S. The van der Waals surface area contributed by atoms with E-state index in [1.54, 1.807) is 31.0 Å². The van der Waals surface area contributed by atoms with Gasteiger partial charge in [0, 0.05) is 20.1 Å². The Morgan fingerprint density at radius 3 is 2.92 bits per heavy atom. The second-order valence-electron chi connectivity index (χ2n) is 5.55. The smallest absolute Gasteiger partial charge is 0.340 e. The molecule has 1 aromatic heterocycles. The van der Waals surface area contributed by atoms with Crippen molar-refractivity contribution in [2.75, 3.05) is 7.05 Å². The van der Waals surface area contributed by atoms with Crippen molar-refractivity contribution in [2.45, 2.75) is 43.8 Å². The van der Waals surface area contributed by atoms with Crippen molar-refractivity contribution in [2.24, 2.45) is 0 Å². The summed E-state index contributed by atoms with van der Waals surface area (Å²) in [4.78, 5) is 25.7. The Balaban J connectivity index is 2.02. The maximum atomic E-state index is 13.2. The van der Waals surface area contributed by atoms with Gasteiger partial charge in [-0.25, -0.2) is 14.3 Å². The van der Waals surface area contributed by atoms with Crippen molar-refractivity contribution in [1.29, 1.82) is 0 Å². The summed E-state index contributed by atoms with van der Waals surface area (Å²) in [6, 6.07) is 6.17. The number of halogens is 1. The number of hydrogen-bond donors (Lipinski definition) is 1. The first-order chi connectivity index (χ1) is 11.4. The van der Waals surface area contributed by atoms with Crippen LogP contribution in [0.5, 0.6) is 0 Å². The number of H-pyrrole nitrogens is 1. The van der Waals surface area contributed by atoms with Crippen LogP contribution in [0.25, 0.3) is 0 Å². The van der Waals surface area contributed by atoms with Crippen molar-refractivity contribution in [3.05, 3.63) is 46.1 Å². The van der Waals surface area contributed by atoms with Gasteiger partial charge in [-0.15, -0.1) is 5.10 Å². The Morgan fingerprint density at radius 2 is 2.25 bits per heavy atom. The predicted molar refractivity (Wildman–Crippen MR) is 91.3 cm³/mol. The van der Waals surface area contributed by atoms with E-state index in [1.165, 1.54) is 28.5 Å². The Hall–Kier alpha value is -2.09. The molecule has 2 aromatic rings. The number of nitrogens with one attached hydrogen (secondary N) is 1. The molecule has 130 valence electrons. The monoisotopic (exact) mass is 352 g/mol. The topological polar surface area (TPSA) is 71.0 Å². The van der Waals surface area contributed by atoms with Gasteiger partial charge in [-0.3, -0.25) is 9.36 Å². The zero-order chi connectivity index (χ0) is 17.7. The lowest BCUT2D eigenvalue weighted by Crippen LogP contribution is -2.33. The summed E-state index contributed by atoms with van der Waals surface area (Å²) in [7, 11) is 1.67. The van der Waals surface area contributed by atoms with E-state index in [4.69, 9.17) is 0 Å². The fourth-order valence-corrected chi connectivity index (χ4v) is 3.32. The lowest BCUT2D eigenvalue weighted by molar-refractivity contribution is -0.129. The highest BCUT2D eigenvalue weighted by Gasteiger charge is 2.22. The summed E-state index contributed by atoms with van der Waals surface area (Å²) in [5, 5.41) is 6.49. The molecule has 0 saturated heterocycles. The molecule has 0 fully saturated rings. The summed E-state index contributed by atoms with van der Waals surface area (Å²) in [6.07, 6.45) is 0.800. The summed E-state index contributed by atoms with van der Waals surface area (Å²) in [6.45, 7) is 4.61. The van der Waals surface area contributed by atoms with Gasteiger partial charge in [-0.05, 0) is 31.0 Å². The number of hydrogen-bond acceptors (Lipinski definition) is 4. The number of nitrogens with zero attached hydrogens (tertiary/aromatic N) is 3. The fraction of sp³-hybridized carbons (Fsp3) is 0.438. The van der Waals surface area contributed by atoms with Crippen molar-refractivity contribution in [1.82, 2.24) is 19.7 Å². The highest BCUT2D eigenvalue weighted by Crippen LogP contribution is 2.22. The van der Waals surface area contributed by atoms with Crippen LogP contribution in [0.2, 0.25) is 0 Å². The first-order valence-corrected chi connectivity index (χ1v) is 8.61. The first-order valence-electron chi connectivity index (χ1n) is 7.73. The maximum absolute atomic E-state index is 13.2. The summed E-state index contributed by atoms with van der Waals surface area (Å²) < 4.78 is 14.8. The van der Waals surface area contributed by atoms with Gasteiger partial charge in [0.1, 0.15) is 5.82 Å². The van der Waals surface area contributed by atoms with Gasteiger partial charge >= 0.3 is 5.69 Å². The molecule has 0 aliphatic rings. The van der Waals surface area contributed by atoms with Gasteiger partial charge < -0.3 is 4.90 Å². The normalized spacial score (nSPS) is 12.2. The molecular weight excluding hydrogens is 331 g/mol. The van der Waals surface area contributed by atoms with Crippen LogP contribution in [-0.4, -0.2) is 37.9 Å². The molecule has 0 saturated carbocycles. The summed E-state index contributed by atoms with van der Waals surface area (Å²) in [5.41, 5.74) is 0.456. The number of carbonyl (C=O) groups excluding carboxylic acids is 1. The predicted octanol–water partition coefficient (Wildman–Crippen LogP) is 2.26. The SMILES string of the molecule is CCCn1c(S[C@H](C)C(=O)N(C)Cc2cccc(F)c2)n[nH]c1=O. The molecule has 1 N–H and O–H groups in total. The van der Waals surface area contributed by atoms with E-state index in [9.17, 15) is 14.0 Å². The third kappa shape index (κ3) is 4.47.